The van der Waals surface area contributed by atoms with E-state index < -0.39 is 6.10 Å². The van der Waals surface area contributed by atoms with Crippen molar-refractivity contribution in [2.75, 3.05) is 20.3 Å². The molecular weight excluding hydrogens is 268 g/mol. The summed E-state index contributed by atoms with van der Waals surface area (Å²) in [4.78, 5) is 11.7. The zero-order valence-electron chi connectivity index (χ0n) is 13.5. The van der Waals surface area contributed by atoms with Crippen LogP contribution in [-0.4, -0.2) is 32.4 Å². The van der Waals surface area contributed by atoms with E-state index in [9.17, 15) is 4.79 Å². The van der Waals surface area contributed by atoms with Crippen molar-refractivity contribution in [3.8, 4) is 5.75 Å². The smallest absolute Gasteiger partial charge is 0.335 e. The van der Waals surface area contributed by atoms with Gasteiger partial charge in [-0.25, -0.2) is 4.79 Å². The number of unbranched alkanes of at least 4 members (excludes halogenated alkanes) is 1. The summed E-state index contributed by atoms with van der Waals surface area (Å²) >= 11 is 0. The molecule has 0 heterocycles. The first kappa shape index (κ1) is 17.5. The third kappa shape index (κ3) is 5.76. The van der Waals surface area contributed by atoms with E-state index in [1.807, 2.05) is 25.1 Å². The number of hydrogen-bond donors (Lipinski definition) is 0. The highest BCUT2D eigenvalue weighted by molar-refractivity contribution is 5.75. The minimum Gasteiger partial charge on any atom is -0.493 e. The fraction of sp³-hybridized carbons (Fsp3) is 0.588. The highest BCUT2D eigenvalue weighted by Gasteiger charge is 2.19. The van der Waals surface area contributed by atoms with Gasteiger partial charge in [-0.1, -0.05) is 25.5 Å². The van der Waals surface area contributed by atoms with Gasteiger partial charge in [-0.15, -0.1) is 0 Å². The quantitative estimate of drug-likeness (QED) is 0.518. The monoisotopic (exact) mass is 294 g/mol. The topological polar surface area (TPSA) is 44.8 Å². The molecule has 0 aliphatic heterocycles. The zero-order chi connectivity index (χ0) is 15.7. The Hall–Kier alpha value is -1.55. The molecule has 0 saturated heterocycles. The maximum atomic E-state index is 11.7. The SMILES string of the molecule is CCCCOc1ccc(CC(OC)C(=O)OCC)cc1C. The van der Waals surface area contributed by atoms with Crippen molar-refractivity contribution in [3.63, 3.8) is 0 Å². The van der Waals surface area contributed by atoms with E-state index in [4.69, 9.17) is 14.2 Å². The predicted molar refractivity (Wildman–Crippen MR) is 82.7 cm³/mol. The Morgan fingerprint density at radius 3 is 2.62 bits per heavy atom. The van der Waals surface area contributed by atoms with Crippen LogP contribution in [0.2, 0.25) is 0 Å². The molecule has 0 aliphatic carbocycles. The normalized spacial score (nSPS) is 12.0. The number of aryl methyl sites for hydroxylation is 1. The van der Waals surface area contributed by atoms with Gasteiger partial charge in [0.15, 0.2) is 6.10 Å². The van der Waals surface area contributed by atoms with E-state index in [-0.39, 0.29) is 5.97 Å². The Labute approximate surface area is 127 Å². The minimum atomic E-state index is -0.559. The molecule has 0 spiro atoms. The molecule has 21 heavy (non-hydrogen) atoms. The molecule has 0 fully saturated rings. The van der Waals surface area contributed by atoms with Crippen LogP contribution in [0.25, 0.3) is 0 Å². The second-order valence-electron chi connectivity index (χ2n) is 4.98. The van der Waals surface area contributed by atoms with Crippen LogP contribution in [0.1, 0.15) is 37.8 Å². The Morgan fingerprint density at radius 2 is 2.05 bits per heavy atom. The molecule has 1 aromatic rings. The molecule has 118 valence electrons. The molecule has 1 atom stereocenters. The summed E-state index contributed by atoms with van der Waals surface area (Å²) in [6.45, 7) is 7.04. The number of ether oxygens (including phenoxy) is 3. The summed E-state index contributed by atoms with van der Waals surface area (Å²) in [7, 11) is 1.52. The highest BCUT2D eigenvalue weighted by atomic mass is 16.6. The van der Waals surface area contributed by atoms with Crippen molar-refractivity contribution in [2.45, 2.75) is 46.1 Å². The van der Waals surface area contributed by atoms with Crippen molar-refractivity contribution in [3.05, 3.63) is 29.3 Å². The van der Waals surface area contributed by atoms with E-state index in [1.54, 1.807) is 6.92 Å². The van der Waals surface area contributed by atoms with Gasteiger partial charge < -0.3 is 14.2 Å². The minimum absolute atomic E-state index is 0.319. The van der Waals surface area contributed by atoms with E-state index in [0.29, 0.717) is 13.0 Å². The summed E-state index contributed by atoms with van der Waals surface area (Å²) in [5, 5.41) is 0. The fourth-order valence-corrected chi connectivity index (χ4v) is 2.04. The Balaban J connectivity index is 2.67. The van der Waals surface area contributed by atoms with Gasteiger partial charge in [-0.05, 0) is 37.5 Å². The number of carbonyl (C=O) groups is 1. The number of benzene rings is 1. The molecule has 0 saturated carbocycles. The zero-order valence-corrected chi connectivity index (χ0v) is 13.5. The first-order valence-corrected chi connectivity index (χ1v) is 7.54. The lowest BCUT2D eigenvalue weighted by atomic mass is 10.0. The van der Waals surface area contributed by atoms with E-state index in [2.05, 4.69) is 6.92 Å². The van der Waals surface area contributed by atoms with Crippen LogP contribution in [0.15, 0.2) is 18.2 Å². The Bertz CT molecular complexity index is 442. The van der Waals surface area contributed by atoms with Crippen LogP contribution in [0.4, 0.5) is 0 Å². The van der Waals surface area contributed by atoms with Gasteiger partial charge in [0.05, 0.1) is 13.2 Å². The Kier molecular flexibility index (Phi) is 7.83. The summed E-state index contributed by atoms with van der Waals surface area (Å²) < 4.78 is 15.9. The third-order valence-electron chi connectivity index (χ3n) is 3.25. The number of esters is 1. The Morgan fingerprint density at radius 1 is 1.29 bits per heavy atom. The van der Waals surface area contributed by atoms with Crippen LogP contribution in [0.5, 0.6) is 5.75 Å². The number of rotatable bonds is 9. The number of methoxy groups -OCH3 is 1. The molecule has 1 rings (SSSR count). The lowest BCUT2D eigenvalue weighted by molar-refractivity contribution is -0.154. The van der Waals surface area contributed by atoms with E-state index >= 15 is 0 Å². The first-order valence-electron chi connectivity index (χ1n) is 7.54. The van der Waals surface area contributed by atoms with Gasteiger partial charge in [-0.3, -0.25) is 0 Å². The predicted octanol–water partition coefficient (Wildman–Crippen LogP) is 3.29. The van der Waals surface area contributed by atoms with E-state index in [0.717, 1.165) is 36.3 Å². The van der Waals surface area contributed by atoms with Gasteiger partial charge >= 0.3 is 5.97 Å². The van der Waals surface area contributed by atoms with Crippen molar-refractivity contribution < 1.29 is 19.0 Å². The van der Waals surface area contributed by atoms with Crippen molar-refractivity contribution in [1.29, 1.82) is 0 Å². The maximum absolute atomic E-state index is 11.7. The number of hydrogen-bond acceptors (Lipinski definition) is 4. The molecule has 0 N–H and O–H groups in total. The average Bonchev–Trinajstić information content (AvgIpc) is 2.47. The van der Waals surface area contributed by atoms with Crippen molar-refractivity contribution in [1.82, 2.24) is 0 Å². The number of carbonyl (C=O) groups excluding carboxylic acids is 1. The average molecular weight is 294 g/mol. The van der Waals surface area contributed by atoms with Gasteiger partial charge in [0, 0.05) is 13.5 Å². The summed E-state index contributed by atoms with van der Waals surface area (Å²) in [5.41, 5.74) is 2.11. The lowest BCUT2D eigenvalue weighted by Crippen LogP contribution is -2.27. The van der Waals surface area contributed by atoms with Gasteiger partial charge in [0.2, 0.25) is 0 Å². The largest absolute Gasteiger partial charge is 0.493 e. The molecule has 1 unspecified atom stereocenters. The highest BCUT2D eigenvalue weighted by Crippen LogP contribution is 2.21. The van der Waals surface area contributed by atoms with Crippen molar-refractivity contribution >= 4 is 5.97 Å². The molecule has 4 nitrogen and oxygen atoms in total. The second-order valence-corrected chi connectivity index (χ2v) is 4.98. The van der Waals surface area contributed by atoms with Crippen LogP contribution in [0, 0.1) is 6.92 Å². The van der Waals surface area contributed by atoms with Crippen LogP contribution in [0.3, 0.4) is 0 Å². The molecule has 1 aromatic carbocycles. The summed E-state index contributed by atoms with van der Waals surface area (Å²) in [6.07, 6.45) is 2.11. The molecule has 0 radical (unpaired) electrons. The molecule has 0 bridgehead atoms. The van der Waals surface area contributed by atoms with Crippen LogP contribution in [-0.2, 0) is 20.7 Å². The fourth-order valence-electron chi connectivity index (χ4n) is 2.04. The molecule has 0 aliphatic rings. The van der Waals surface area contributed by atoms with Gasteiger partial charge in [0.25, 0.3) is 0 Å². The first-order chi connectivity index (χ1) is 10.1. The van der Waals surface area contributed by atoms with Crippen molar-refractivity contribution in [2.24, 2.45) is 0 Å². The molecule has 4 heteroatoms. The third-order valence-corrected chi connectivity index (χ3v) is 3.25. The summed E-state index contributed by atoms with van der Waals surface area (Å²) in [5.74, 6) is 0.582. The second kappa shape index (κ2) is 9.40. The summed E-state index contributed by atoms with van der Waals surface area (Å²) in [6, 6.07) is 5.96. The standard InChI is InChI=1S/C17H26O4/c1-5-7-10-21-15-9-8-14(11-13(15)3)12-16(19-4)17(18)20-6-2/h8-9,11,16H,5-7,10,12H2,1-4H3. The van der Waals surface area contributed by atoms with Gasteiger partial charge in [0.1, 0.15) is 5.75 Å². The molecule has 0 amide bonds. The van der Waals surface area contributed by atoms with Crippen LogP contribution < -0.4 is 4.74 Å². The van der Waals surface area contributed by atoms with Crippen LogP contribution >= 0.6 is 0 Å². The molecular formula is C17H26O4. The maximum Gasteiger partial charge on any atom is 0.335 e. The van der Waals surface area contributed by atoms with E-state index in [1.165, 1.54) is 7.11 Å². The van der Waals surface area contributed by atoms with Gasteiger partial charge in [-0.2, -0.15) is 0 Å². The lowest BCUT2D eigenvalue weighted by Gasteiger charge is -2.15. The molecule has 0 aromatic heterocycles.